The molecule has 4 aliphatic rings. The molecule has 0 aromatic carbocycles. The Morgan fingerprint density at radius 3 is 2.21 bits per heavy atom. The third-order valence-corrected chi connectivity index (χ3v) is 17.2. The topological polar surface area (TPSA) is 240 Å². The molecule has 3 fully saturated rings. The second kappa shape index (κ2) is 31.2. The summed E-state index contributed by atoms with van der Waals surface area (Å²) in [6, 6.07) is -1.19. The number of carbonyl (C=O) groups excluding carboxylic acids is 5. The number of phosphoric acid groups is 1. The second-order valence-electron chi connectivity index (χ2n) is 23.6. The van der Waals surface area contributed by atoms with Gasteiger partial charge in [-0.1, -0.05) is 71.1 Å². The number of hydrogen-bond donors (Lipinski definition) is 3. The van der Waals surface area contributed by atoms with Crippen molar-refractivity contribution < 1.29 is 85.6 Å². The highest BCUT2D eigenvalue weighted by Crippen LogP contribution is 2.43. The molecule has 4 rings (SSSR count). The summed E-state index contributed by atoms with van der Waals surface area (Å²) in [6.45, 7) is 13.1. The maximum absolute atomic E-state index is 14.6. The normalized spacial score (nSPS) is 36.7. The monoisotopic (exact) mass is 1120 g/mol. The molecule has 2 bridgehead atoms. The smallest absolute Gasteiger partial charge is 0.460 e. The summed E-state index contributed by atoms with van der Waals surface area (Å²) in [4.78, 5) is 82.8. The average Bonchev–Trinajstić information content (AvgIpc) is 3.38. The van der Waals surface area contributed by atoms with Crippen LogP contribution in [0.5, 0.6) is 0 Å². The number of cyclic esters (lactones) is 1. The van der Waals surface area contributed by atoms with Gasteiger partial charge in [-0.25, -0.2) is 9.36 Å². The van der Waals surface area contributed by atoms with Crippen molar-refractivity contribution in [2.24, 2.45) is 35.5 Å². The highest BCUT2D eigenvalue weighted by Gasteiger charge is 2.53. The molecule has 1 saturated carbocycles. The third kappa shape index (κ3) is 20.0. The molecule has 19 nitrogen and oxygen atoms in total. The van der Waals surface area contributed by atoms with Crippen LogP contribution >= 0.6 is 7.82 Å². The number of amides is 1. The lowest BCUT2D eigenvalue weighted by Gasteiger charge is -2.42. The van der Waals surface area contributed by atoms with E-state index in [4.69, 9.17) is 37.5 Å². The lowest BCUT2D eigenvalue weighted by Crippen LogP contribution is -2.61. The van der Waals surface area contributed by atoms with Crippen LogP contribution in [0, 0.1) is 35.5 Å². The van der Waals surface area contributed by atoms with Crippen LogP contribution in [0.2, 0.25) is 0 Å². The van der Waals surface area contributed by atoms with Crippen molar-refractivity contribution in [2.45, 2.75) is 180 Å². The fourth-order valence-electron chi connectivity index (χ4n) is 11.1. The highest BCUT2D eigenvalue weighted by molar-refractivity contribution is 7.47. The van der Waals surface area contributed by atoms with Gasteiger partial charge in [0.25, 0.3) is 11.7 Å². The zero-order valence-electron chi connectivity index (χ0n) is 49.0. The standard InChI is InChI=1S/C58H95N2O17P/c1-37-19-15-14-16-20-38(2)49(70-11)35-45-24-22-43(7)58(67,77-45)55(64)56(65)59-26-18-17-21-46(59)57(66)76-50(36-47(61)39(3)32-42(6)53(63)54(72-13)52(62)41(5)31-37)40(4)33-44-23-25-48(51(34-44)71-12)73-29-30-75-78(68,69)74-28-27-60(8,9)10/h14-16,19-20,32,37,39-41,43-46,48-51,53-54,63,67H,17-18,21-31,33-36H2,1-13H3/p+1/b16-14+,19-15-,38-20+,42-32+/t37-,39-,40-,41-,43-,44+,45+,46+,48-,49-,50+,51-,53-,54+,58-/m1/s1. The fraction of sp³-hybridized carbons (Fsp3) is 0.776. The van der Waals surface area contributed by atoms with Crippen molar-refractivity contribution in [3.8, 4) is 0 Å². The zero-order chi connectivity index (χ0) is 58.1. The number of carbonyl (C=O) groups is 5. The molecular weight excluding hydrogens is 1030 g/mol. The van der Waals surface area contributed by atoms with Crippen LogP contribution in [0.4, 0.5) is 0 Å². The van der Waals surface area contributed by atoms with Gasteiger partial charge in [0.15, 0.2) is 5.78 Å². The molecule has 1 amide bonds. The molecular formula is C58H96N2O17P+. The van der Waals surface area contributed by atoms with E-state index in [-0.39, 0.29) is 74.8 Å². The number of Topliss-reactive ketones (excluding diaryl/α,β-unsaturated/α-hetero) is 3. The quantitative estimate of drug-likeness (QED) is 0.0372. The number of aliphatic hydroxyl groups excluding tert-OH is 1. The minimum absolute atomic E-state index is 0.00303. The SMILES string of the molecule is CO[C@@H]1C[C@@H]2CC[C@@H](C)[C@@](O)(O2)C(=O)C(=O)N2CCCC[C@H]2C(=O)O[C@H]([C@H](C)C[C@@H]2CC[C@@H](OCCOP(=O)(O)OCC[N+](C)(C)C)[C@H](OC)C2)CC(=O)[C@H](C)/C=C(\C)[C@@H](O)[C@@H](OC)C(=O)[C@H](C)C[C@H](C)\C=C/C=C/C=C/1C. The molecule has 1 unspecified atom stereocenters. The zero-order valence-corrected chi connectivity index (χ0v) is 49.9. The Morgan fingerprint density at radius 1 is 0.833 bits per heavy atom. The van der Waals surface area contributed by atoms with Gasteiger partial charge in [-0.3, -0.25) is 28.2 Å². The first-order valence-corrected chi connectivity index (χ1v) is 29.7. The Hall–Kier alpha value is -3.30. The lowest BCUT2D eigenvalue weighted by molar-refractivity contribution is -0.870. The van der Waals surface area contributed by atoms with Crippen LogP contribution in [0.25, 0.3) is 0 Å². The molecule has 3 heterocycles. The Balaban J connectivity index is 1.62. The molecule has 0 aromatic heterocycles. The van der Waals surface area contributed by atoms with Crippen LogP contribution in [-0.2, 0) is 66.0 Å². The number of methoxy groups -OCH3 is 3. The second-order valence-corrected chi connectivity index (χ2v) is 25.0. The number of rotatable bonds is 15. The van der Waals surface area contributed by atoms with E-state index in [1.807, 2.05) is 72.3 Å². The van der Waals surface area contributed by atoms with E-state index in [1.54, 1.807) is 48.0 Å². The van der Waals surface area contributed by atoms with Crippen LogP contribution in [0.3, 0.4) is 0 Å². The summed E-state index contributed by atoms with van der Waals surface area (Å²) in [5, 5.41) is 23.6. The van der Waals surface area contributed by atoms with Crippen molar-refractivity contribution in [1.82, 2.24) is 4.90 Å². The number of hydrogen-bond acceptors (Lipinski definition) is 16. The summed E-state index contributed by atoms with van der Waals surface area (Å²) >= 11 is 0. The van der Waals surface area contributed by atoms with Gasteiger partial charge in [0.2, 0.25) is 5.79 Å². The molecule has 0 spiro atoms. The van der Waals surface area contributed by atoms with Crippen molar-refractivity contribution in [3.05, 3.63) is 47.6 Å². The van der Waals surface area contributed by atoms with Gasteiger partial charge in [0.1, 0.15) is 43.3 Å². The number of allylic oxidation sites excluding steroid dienone is 6. The van der Waals surface area contributed by atoms with Crippen LogP contribution < -0.4 is 0 Å². The number of phosphoric ester groups is 1. The number of piperidine rings is 1. The van der Waals surface area contributed by atoms with Crippen molar-refractivity contribution in [2.75, 3.05) is 75.4 Å². The van der Waals surface area contributed by atoms with Crippen LogP contribution in [0.1, 0.15) is 126 Å². The van der Waals surface area contributed by atoms with Gasteiger partial charge >= 0.3 is 13.8 Å². The highest BCUT2D eigenvalue weighted by atomic mass is 31.2. The lowest BCUT2D eigenvalue weighted by atomic mass is 9.78. The first-order valence-electron chi connectivity index (χ1n) is 28.2. The van der Waals surface area contributed by atoms with Gasteiger partial charge < -0.3 is 52.9 Å². The van der Waals surface area contributed by atoms with E-state index < -0.39 is 91.5 Å². The first kappa shape index (κ1) is 67.2. The van der Waals surface area contributed by atoms with Crippen molar-refractivity contribution in [1.29, 1.82) is 0 Å². The Bertz CT molecular complexity index is 2160. The van der Waals surface area contributed by atoms with Gasteiger partial charge in [0, 0.05) is 58.5 Å². The number of aliphatic hydroxyl groups is 2. The minimum Gasteiger partial charge on any atom is -0.460 e. The van der Waals surface area contributed by atoms with Gasteiger partial charge in [-0.15, -0.1) is 0 Å². The maximum atomic E-state index is 14.6. The Labute approximate surface area is 464 Å². The molecule has 444 valence electrons. The molecule has 1 aliphatic carbocycles. The van der Waals surface area contributed by atoms with Crippen molar-refractivity contribution >= 4 is 37.0 Å². The van der Waals surface area contributed by atoms with E-state index >= 15 is 0 Å². The number of likely N-dealkylation sites (N-methyl/N-ethyl adjacent to an activating group) is 1. The molecule has 20 heteroatoms. The molecule has 3 N–H and O–H groups in total. The van der Waals surface area contributed by atoms with E-state index in [0.717, 1.165) is 5.57 Å². The van der Waals surface area contributed by atoms with Crippen LogP contribution in [0.15, 0.2) is 47.6 Å². The number of ether oxygens (including phenoxy) is 6. The minimum atomic E-state index is -4.28. The average molecular weight is 1120 g/mol. The summed E-state index contributed by atoms with van der Waals surface area (Å²) in [6.07, 6.45) is 10.9. The third-order valence-electron chi connectivity index (χ3n) is 16.1. The van der Waals surface area contributed by atoms with Gasteiger partial charge in [0.05, 0.1) is 58.8 Å². The Morgan fingerprint density at radius 2 is 1.54 bits per heavy atom. The Kier molecular flexibility index (Phi) is 26.9. The van der Waals surface area contributed by atoms with Crippen molar-refractivity contribution in [3.63, 3.8) is 0 Å². The van der Waals surface area contributed by atoms with E-state index in [1.165, 1.54) is 12.0 Å². The maximum Gasteiger partial charge on any atom is 0.472 e. The predicted molar refractivity (Wildman–Crippen MR) is 293 cm³/mol. The number of esters is 1. The molecule has 16 atom stereocenters. The summed E-state index contributed by atoms with van der Waals surface area (Å²) in [5.41, 5.74) is 1.23. The van der Waals surface area contributed by atoms with Crippen LogP contribution in [-0.4, -0.2) is 184 Å². The predicted octanol–water partition coefficient (Wildman–Crippen LogP) is 7.04. The summed E-state index contributed by atoms with van der Waals surface area (Å²) < 4.78 is 59.2. The molecule has 0 aromatic rings. The number of ketones is 3. The molecule has 2 saturated heterocycles. The number of nitrogens with zero attached hydrogens (tertiary/aromatic N) is 2. The number of fused-ring (bicyclic) bond motifs is 3. The fourth-order valence-corrected chi connectivity index (χ4v) is 11.8. The largest absolute Gasteiger partial charge is 0.472 e. The first-order chi connectivity index (χ1) is 36.6. The number of quaternary nitrogens is 1. The van der Waals surface area contributed by atoms with Gasteiger partial charge in [-0.05, 0) is 107 Å². The van der Waals surface area contributed by atoms with E-state index in [9.17, 15) is 43.6 Å². The van der Waals surface area contributed by atoms with E-state index in [2.05, 4.69) is 0 Å². The summed E-state index contributed by atoms with van der Waals surface area (Å²) in [7, 11) is 6.07. The molecule has 0 radical (unpaired) electrons. The van der Waals surface area contributed by atoms with E-state index in [0.29, 0.717) is 80.8 Å². The summed E-state index contributed by atoms with van der Waals surface area (Å²) in [5.74, 6) is -8.39. The molecule has 78 heavy (non-hydrogen) atoms. The van der Waals surface area contributed by atoms with Gasteiger partial charge in [-0.2, -0.15) is 0 Å². The molecule has 3 aliphatic heterocycles.